The topological polar surface area (TPSA) is 184 Å². The molecule has 4 atom stereocenters. The Labute approximate surface area is 144 Å². The first-order valence-corrected chi connectivity index (χ1v) is 8.94. The summed E-state index contributed by atoms with van der Waals surface area (Å²) in [5, 5.41) is 20.5. The third kappa shape index (κ3) is 3.62. The van der Waals surface area contributed by atoms with Gasteiger partial charge in [0.2, 0.25) is 0 Å². The number of fused-ring (bicyclic) bond motifs is 1. The minimum absolute atomic E-state index is 0.0521. The largest absolute Gasteiger partial charge is 0.469 e. The van der Waals surface area contributed by atoms with Gasteiger partial charge in [0, 0.05) is 17.1 Å². The average molecular weight is 389 g/mol. The van der Waals surface area contributed by atoms with Crippen molar-refractivity contribution in [2.45, 2.75) is 31.5 Å². The van der Waals surface area contributed by atoms with Crippen molar-refractivity contribution in [3.8, 4) is 0 Å². The van der Waals surface area contributed by atoms with Crippen LogP contribution in [0.3, 0.4) is 0 Å². The normalized spacial score (nSPS) is 26.5. The van der Waals surface area contributed by atoms with Crippen molar-refractivity contribution >= 4 is 18.9 Å². The predicted octanol–water partition coefficient (Wildman–Crippen LogP) is -1.88. The molecule has 0 aliphatic carbocycles. The molecule has 3 rings (SSSR count). The average Bonchev–Trinajstić information content (AvgIpc) is 2.81. The minimum Gasteiger partial charge on any atom is -0.387 e. The molecule has 2 aromatic rings. The second-order valence-corrected chi connectivity index (χ2v) is 7.09. The zero-order chi connectivity index (χ0) is 19.2. The van der Waals surface area contributed by atoms with Crippen LogP contribution in [-0.2, 0) is 13.8 Å². The third-order valence-electron chi connectivity index (χ3n) is 3.96. The molecule has 26 heavy (non-hydrogen) atoms. The molecule has 13 heteroatoms. The number of aromatic amines is 1. The van der Waals surface area contributed by atoms with Crippen LogP contribution in [0.25, 0.3) is 11.0 Å². The highest BCUT2D eigenvalue weighted by atomic mass is 31.2. The number of aryl methyl sites for hydroxylation is 1. The molecule has 142 valence electrons. The van der Waals surface area contributed by atoms with Gasteiger partial charge in [-0.3, -0.25) is 13.9 Å². The first-order valence-electron chi connectivity index (χ1n) is 7.41. The number of aliphatic hydroxyl groups excluding tert-OH is 2. The number of aliphatic hydroxyl groups is 2. The van der Waals surface area contributed by atoms with E-state index in [-0.39, 0.29) is 5.65 Å². The van der Waals surface area contributed by atoms with Crippen molar-refractivity contribution in [2.24, 2.45) is 0 Å². The van der Waals surface area contributed by atoms with Crippen molar-refractivity contribution in [3.63, 3.8) is 0 Å². The summed E-state index contributed by atoms with van der Waals surface area (Å²) in [4.78, 5) is 47.4. The lowest BCUT2D eigenvalue weighted by atomic mass is 10.1. The van der Waals surface area contributed by atoms with E-state index >= 15 is 0 Å². The van der Waals surface area contributed by atoms with Crippen LogP contribution >= 0.6 is 7.82 Å². The molecule has 1 saturated heterocycles. The molecule has 1 aliphatic rings. The molecule has 12 nitrogen and oxygen atoms in total. The zero-order valence-corrected chi connectivity index (χ0v) is 14.2. The summed E-state index contributed by atoms with van der Waals surface area (Å²) in [6.45, 7) is 0.870. The van der Waals surface area contributed by atoms with Crippen LogP contribution in [0.15, 0.2) is 21.9 Å². The number of H-pyrrole nitrogens is 1. The van der Waals surface area contributed by atoms with E-state index in [0.717, 1.165) is 4.57 Å². The second kappa shape index (κ2) is 6.67. The monoisotopic (exact) mass is 389 g/mol. The Kier molecular flexibility index (Phi) is 4.84. The molecule has 1 fully saturated rings. The Bertz CT molecular complexity index is 996. The Balaban J connectivity index is 1.94. The lowest BCUT2D eigenvalue weighted by Crippen LogP contribution is -2.36. The van der Waals surface area contributed by atoms with E-state index in [1.54, 1.807) is 6.92 Å². The first-order chi connectivity index (χ1) is 12.1. The standard InChI is InChI=1S/C13H16N3O9P/c1-5-2-6-3-16(13(20)15-10(6)14-11(5)19)12-9(18)8(17)7(25-12)4-24-26(21,22)23/h2-3,7-9,12,17-18H,4H2,1H3,(H2,21,22,23)(H,14,15,19,20)/t7-,8?,9+,12-/m1/s1. The molecule has 0 spiro atoms. The number of nitrogens with one attached hydrogen (secondary N) is 1. The van der Waals surface area contributed by atoms with E-state index in [1.807, 2.05) is 0 Å². The van der Waals surface area contributed by atoms with Crippen LogP contribution in [0.2, 0.25) is 0 Å². The first kappa shape index (κ1) is 18.9. The number of nitrogens with zero attached hydrogens (tertiary/aromatic N) is 2. The van der Waals surface area contributed by atoms with Gasteiger partial charge < -0.3 is 29.7 Å². The maximum atomic E-state index is 12.2. The quantitative estimate of drug-likeness (QED) is 0.371. The molecule has 5 N–H and O–H groups in total. The molecule has 2 aromatic heterocycles. The van der Waals surface area contributed by atoms with Gasteiger partial charge in [-0.1, -0.05) is 0 Å². The summed E-state index contributed by atoms with van der Waals surface area (Å²) in [6.07, 6.45) is -4.46. The van der Waals surface area contributed by atoms with Gasteiger partial charge in [-0.15, -0.1) is 0 Å². The van der Waals surface area contributed by atoms with E-state index in [0.29, 0.717) is 10.9 Å². The van der Waals surface area contributed by atoms with Gasteiger partial charge in [0.25, 0.3) is 5.56 Å². The fourth-order valence-corrected chi connectivity index (χ4v) is 2.99. The van der Waals surface area contributed by atoms with Crippen molar-refractivity contribution in [1.29, 1.82) is 0 Å². The lowest BCUT2D eigenvalue weighted by molar-refractivity contribution is -0.0540. The number of phosphoric acid groups is 1. The molecule has 1 aliphatic heterocycles. The van der Waals surface area contributed by atoms with Gasteiger partial charge in [0.05, 0.1) is 6.61 Å². The maximum absolute atomic E-state index is 12.2. The number of aromatic nitrogens is 3. The van der Waals surface area contributed by atoms with Crippen molar-refractivity contribution < 1.29 is 33.8 Å². The summed E-state index contributed by atoms with van der Waals surface area (Å²) in [7, 11) is -4.80. The Morgan fingerprint density at radius 1 is 1.35 bits per heavy atom. The van der Waals surface area contributed by atoms with Crippen LogP contribution in [0.5, 0.6) is 0 Å². The van der Waals surface area contributed by atoms with Gasteiger partial charge in [-0.25, -0.2) is 9.36 Å². The number of pyridine rings is 1. The number of rotatable bonds is 4. The van der Waals surface area contributed by atoms with Gasteiger partial charge in [-0.05, 0) is 13.0 Å². The SMILES string of the molecule is Cc1cc2cn([C@@H]3O[C@H](COP(=O)(O)O)C(O)[C@@H]3O)c(=O)nc2[nH]c1=O. The number of ether oxygens (including phenoxy) is 1. The van der Waals surface area contributed by atoms with E-state index in [1.165, 1.54) is 12.3 Å². The summed E-state index contributed by atoms with van der Waals surface area (Å²) >= 11 is 0. The van der Waals surface area contributed by atoms with Crippen LogP contribution in [0, 0.1) is 6.92 Å². The molecular formula is C13H16N3O9P. The van der Waals surface area contributed by atoms with Crippen molar-refractivity contribution in [3.05, 3.63) is 38.7 Å². The van der Waals surface area contributed by atoms with Gasteiger partial charge in [0.15, 0.2) is 6.23 Å². The van der Waals surface area contributed by atoms with E-state index in [2.05, 4.69) is 14.5 Å². The fraction of sp³-hybridized carbons (Fsp3) is 0.462. The molecule has 0 aromatic carbocycles. The summed E-state index contributed by atoms with van der Waals surface area (Å²) < 4.78 is 21.3. The summed E-state index contributed by atoms with van der Waals surface area (Å²) in [6, 6.07) is 1.49. The second-order valence-electron chi connectivity index (χ2n) is 5.85. The number of phosphoric ester groups is 1. The molecule has 1 unspecified atom stereocenters. The van der Waals surface area contributed by atoms with Crippen LogP contribution in [-0.4, -0.2) is 59.5 Å². The van der Waals surface area contributed by atoms with E-state index in [4.69, 9.17) is 14.5 Å². The van der Waals surface area contributed by atoms with Crippen molar-refractivity contribution in [2.75, 3.05) is 6.61 Å². The molecule has 0 amide bonds. The number of hydrogen-bond acceptors (Lipinski definition) is 8. The smallest absolute Gasteiger partial charge is 0.387 e. The lowest BCUT2D eigenvalue weighted by Gasteiger charge is -2.17. The minimum atomic E-state index is -4.80. The molecule has 0 saturated carbocycles. The van der Waals surface area contributed by atoms with E-state index in [9.17, 15) is 24.4 Å². The van der Waals surface area contributed by atoms with Gasteiger partial charge >= 0.3 is 13.5 Å². The van der Waals surface area contributed by atoms with Crippen LogP contribution in [0.4, 0.5) is 0 Å². The highest BCUT2D eigenvalue weighted by molar-refractivity contribution is 7.46. The number of hydrogen-bond donors (Lipinski definition) is 5. The Morgan fingerprint density at radius 3 is 2.69 bits per heavy atom. The molecule has 3 heterocycles. The Hall–Kier alpha value is -1.92. The molecule has 0 bridgehead atoms. The van der Waals surface area contributed by atoms with Crippen LogP contribution in [0.1, 0.15) is 11.8 Å². The van der Waals surface area contributed by atoms with E-state index < -0.39 is 50.2 Å². The zero-order valence-electron chi connectivity index (χ0n) is 13.3. The fourth-order valence-electron chi connectivity index (χ4n) is 2.64. The van der Waals surface area contributed by atoms with Gasteiger partial charge in [0.1, 0.15) is 24.0 Å². The summed E-state index contributed by atoms with van der Waals surface area (Å²) in [5.74, 6) is 0. The summed E-state index contributed by atoms with van der Waals surface area (Å²) in [5.41, 5.74) is -0.823. The predicted molar refractivity (Wildman–Crippen MR) is 85.3 cm³/mol. The Morgan fingerprint density at radius 2 is 2.04 bits per heavy atom. The molecule has 0 radical (unpaired) electrons. The van der Waals surface area contributed by atoms with Crippen molar-refractivity contribution in [1.82, 2.24) is 14.5 Å². The highest BCUT2D eigenvalue weighted by Crippen LogP contribution is 2.38. The highest BCUT2D eigenvalue weighted by Gasteiger charge is 2.45. The van der Waals surface area contributed by atoms with Gasteiger partial charge in [-0.2, -0.15) is 4.98 Å². The third-order valence-corrected chi connectivity index (χ3v) is 4.45. The maximum Gasteiger partial charge on any atom is 0.469 e. The molecular weight excluding hydrogens is 373 g/mol. The van der Waals surface area contributed by atoms with Crippen LogP contribution < -0.4 is 11.2 Å².